The quantitative estimate of drug-likeness (QED) is 0.664. The number of hydrogen-bond acceptors (Lipinski definition) is 2. The predicted molar refractivity (Wildman–Crippen MR) is 77.7 cm³/mol. The molecular formula is C17H13F3O2. The Morgan fingerprint density at radius 2 is 1.73 bits per heavy atom. The Kier molecular flexibility index (Phi) is 4.35. The number of halogens is 3. The summed E-state index contributed by atoms with van der Waals surface area (Å²) in [6.45, 7) is 1.79. The van der Waals surface area contributed by atoms with Crippen LogP contribution in [0.1, 0.15) is 27.0 Å². The number of aryl methyl sites for hydroxylation is 1. The van der Waals surface area contributed by atoms with E-state index in [9.17, 15) is 23.1 Å². The zero-order chi connectivity index (χ0) is 16.3. The fourth-order valence-electron chi connectivity index (χ4n) is 1.89. The molecule has 2 aromatic rings. The highest BCUT2D eigenvalue weighted by atomic mass is 19.4. The monoisotopic (exact) mass is 306 g/mol. The van der Waals surface area contributed by atoms with E-state index >= 15 is 0 Å². The normalized spacial score (nSPS) is 11.8. The maximum Gasteiger partial charge on any atom is 0.416 e. The summed E-state index contributed by atoms with van der Waals surface area (Å²) in [7, 11) is 0. The van der Waals surface area contributed by atoms with Crippen LogP contribution in [0.5, 0.6) is 5.75 Å². The first-order valence-electron chi connectivity index (χ1n) is 6.46. The van der Waals surface area contributed by atoms with Crippen LogP contribution in [0.15, 0.2) is 48.5 Å². The van der Waals surface area contributed by atoms with E-state index in [1.165, 1.54) is 30.4 Å². The molecule has 0 unspecified atom stereocenters. The summed E-state index contributed by atoms with van der Waals surface area (Å²) in [6, 6.07) is 9.11. The van der Waals surface area contributed by atoms with Crippen LogP contribution in [0.25, 0.3) is 6.08 Å². The maximum atomic E-state index is 12.4. The summed E-state index contributed by atoms with van der Waals surface area (Å²) in [6.07, 6.45) is -1.76. The molecule has 0 aliphatic heterocycles. The molecular weight excluding hydrogens is 293 g/mol. The molecule has 1 N–H and O–H groups in total. The molecule has 0 heterocycles. The minimum absolute atomic E-state index is 0.132. The number of carbonyl (C=O) groups is 1. The number of alkyl halides is 3. The summed E-state index contributed by atoms with van der Waals surface area (Å²) in [5.74, 6) is -0.547. The molecule has 5 heteroatoms. The van der Waals surface area contributed by atoms with Crippen LogP contribution >= 0.6 is 0 Å². The van der Waals surface area contributed by atoms with Crippen molar-refractivity contribution in [3.05, 3.63) is 70.8 Å². The van der Waals surface area contributed by atoms with Gasteiger partial charge in [0.05, 0.1) is 11.1 Å². The fourth-order valence-corrected chi connectivity index (χ4v) is 1.89. The summed E-state index contributed by atoms with van der Waals surface area (Å²) in [4.78, 5) is 12.0. The van der Waals surface area contributed by atoms with Crippen molar-refractivity contribution in [2.75, 3.05) is 0 Å². The van der Waals surface area contributed by atoms with Gasteiger partial charge in [-0.05, 0) is 42.8 Å². The fraction of sp³-hybridized carbons (Fsp3) is 0.118. The molecule has 0 atom stereocenters. The predicted octanol–water partition coefficient (Wildman–Crippen LogP) is 4.62. The van der Waals surface area contributed by atoms with Crippen LogP contribution in [-0.2, 0) is 6.18 Å². The molecule has 0 radical (unpaired) electrons. The molecule has 2 rings (SSSR count). The van der Waals surface area contributed by atoms with Crippen LogP contribution in [0.3, 0.4) is 0 Å². The molecule has 0 fully saturated rings. The van der Waals surface area contributed by atoms with Crippen LogP contribution in [-0.4, -0.2) is 10.9 Å². The minimum atomic E-state index is -4.38. The third kappa shape index (κ3) is 3.75. The van der Waals surface area contributed by atoms with Gasteiger partial charge in [0.2, 0.25) is 0 Å². The number of phenolic OH excluding ortho intramolecular Hbond substituents is 1. The Morgan fingerprint density at radius 3 is 2.32 bits per heavy atom. The average molecular weight is 306 g/mol. The van der Waals surface area contributed by atoms with Crippen molar-refractivity contribution in [1.82, 2.24) is 0 Å². The first-order chi connectivity index (χ1) is 10.3. The Hall–Kier alpha value is -2.56. The first kappa shape index (κ1) is 15.8. The summed E-state index contributed by atoms with van der Waals surface area (Å²) < 4.78 is 37.3. The Balaban J connectivity index is 2.18. The van der Waals surface area contributed by atoms with E-state index in [0.717, 1.165) is 17.7 Å². The van der Waals surface area contributed by atoms with Crippen molar-refractivity contribution < 1.29 is 23.1 Å². The molecule has 22 heavy (non-hydrogen) atoms. The average Bonchev–Trinajstić information content (AvgIpc) is 2.47. The van der Waals surface area contributed by atoms with Gasteiger partial charge in [-0.1, -0.05) is 29.8 Å². The Morgan fingerprint density at radius 1 is 1.09 bits per heavy atom. The summed E-state index contributed by atoms with van der Waals surface area (Å²) >= 11 is 0. The van der Waals surface area contributed by atoms with E-state index in [-0.39, 0.29) is 11.3 Å². The second kappa shape index (κ2) is 6.05. The van der Waals surface area contributed by atoms with Crippen molar-refractivity contribution in [3.8, 4) is 5.75 Å². The molecule has 0 aliphatic carbocycles. The Labute approximate surface area is 125 Å². The van der Waals surface area contributed by atoms with Crippen molar-refractivity contribution in [2.45, 2.75) is 13.1 Å². The van der Waals surface area contributed by atoms with Crippen LogP contribution in [0.4, 0.5) is 13.2 Å². The molecule has 0 amide bonds. The highest BCUT2D eigenvalue weighted by molar-refractivity contribution is 6.08. The SMILES string of the molecule is Cc1ccc(O)c(C(=O)/C=C/c2ccc(C(F)(F)F)cc2)c1. The molecule has 114 valence electrons. The van der Waals surface area contributed by atoms with Gasteiger partial charge >= 0.3 is 6.18 Å². The summed E-state index contributed by atoms with van der Waals surface area (Å²) in [5, 5.41) is 9.65. The maximum absolute atomic E-state index is 12.4. The number of benzene rings is 2. The number of ketones is 1. The molecule has 0 aromatic heterocycles. The lowest BCUT2D eigenvalue weighted by Gasteiger charge is -2.06. The van der Waals surface area contributed by atoms with E-state index in [0.29, 0.717) is 5.56 Å². The second-order valence-electron chi connectivity index (χ2n) is 4.84. The van der Waals surface area contributed by atoms with Gasteiger partial charge < -0.3 is 5.11 Å². The number of rotatable bonds is 3. The van der Waals surface area contributed by atoms with E-state index in [4.69, 9.17) is 0 Å². The molecule has 0 spiro atoms. The third-order valence-electron chi connectivity index (χ3n) is 3.08. The number of hydrogen-bond donors (Lipinski definition) is 1. The van der Waals surface area contributed by atoms with Crippen molar-refractivity contribution in [1.29, 1.82) is 0 Å². The van der Waals surface area contributed by atoms with E-state index in [2.05, 4.69) is 0 Å². The first-order valence-corrected chi connectivity index (χ1v) is 6.46. The lowest BCUT2D eigenvalue weighted by Crippen LogP contribution is -2.04. The smallest absolute Gasteiger partial charge is 0.416 e. The molecule has 0 aliphatic rings. The lowest BCUT2D eigenvalue weighted by molar-refractivity contribution is -0.137. The van der Waals surface area contributed by atoms with E-state index in [1.54, 1.807) is 19.1 Å². The van der Waals surface area contributed by atoms with Crippen molar-refractivity contribution in [3.63, 3.8) is 0 Å². The van der Waals surface area contributed by atoms with Crippen molar-refractivity contribution >= 4 is 11.9 Å². The van der Waals surface area contributed by atoms with E-state index < -0.39 is 17.5 Å². The molecule has 0 saturated carbocycles. The zero-order valence-corrected chi connectivity index (χ0v) is 11.7. The summed E-state index contributed by atoms with van der Waals surface area (Å²) in [5.41, 5.74) is 0.702. The van der Waals surface area contributed by atoms with Gasteiger partial charge in [-0.15, -0.1) is 0 Å². The van der Waals surface area contributed by atoms with Gasteiger partial charge in [0, 0.05) is 0 Å². The van der Waals surface area contributed by atoms with Gasteiger partial charge in [-0.2, -0.15) is 13.2 Å². The van der Waals surface area contributed by atoms with Gasteiger partial charge in [0.25, 0.3) is 0 Å². The molecule has 2 aromatic carbocycles. The topological polar surface area (TPSA) is 37.3 Å². The molecule has 0 saturated heterocycles. The highest BCUT2D eigenvalue weighted by Gasteiger charge is 2.29. The van der Waals surface area contributed by atoms with Crippen LogP contribution in [0.2, 0.25) is 0 Å². The van der Waals surface area contributed by atoms with Crippen molar-refractivity contribution in [2.24, 2.45) is 0 Å². The van der Waals surface area contributed by atoms with E-state index in [1.807, 2.05) is 0 Å². The van der Waals surface area contributed by atoms with Gasteiger partial charge in [-0.3, -0.25) is 4.79 Å². The zero-order valence-electron chi connectivity index (χ0n) is 11.7. The number of phenols is 1. The highest BCUT2D eigenvalue weighted by Crippen LogP contribution is 2.29. The van der Waals surface area contributed by atoms with Gasteiger partial charge in [0.1, 0.15) is 5.75 Å². The Bertz CT molecular complexity index is 714. The standard InChI is InChI=1S/C17H13F3O2/c1-11-2-8-15(21)14(10-11)16(22)9-5-12-3-6-13(7-4-12)17(18,19)20/h2-10,21H,1H3/b9-5+. The number of allylic oxidation sites excluding steroid dienone is 1. The van der Waals surface area contributed by atoms with Crippen LogP contribution < -0.4 is 0 Å². The third-order valence-corrected chi connectivity index (χ3v) is 3.08. The lowest BCUT2D eigenvalue weighted by atomic mass is 10.0. The van der Waals surface area contributed by atoms with Gasteiger partial charge in [0.15, 0.2) is 5.78 Å². The molecule has 0 bridgehead atoms. The van der Waals surface area contributed by atoms with Gasteiger partial charge in [-0.25, -0.2) is 0 Å². The molecule has 2 nitrogen and oxygen atoms in total. The van der Waals surface area contributed by atoms with Crippen LogP contribution in [0, 0.1) is 6.92 Å². The number of aromatic hydroxyl groups is 1. The minimum Gasteiger partial charge on any atom is -0.507 e. The second-order valence-corrected chi connectivity index (χ2v) is 4.84. The largest absolute Gasteiger partial charge is 0.507 e. The number of carbonyl (C=O) groups excluding carboxylic acids is 1.